The number of hydrogen-bond donors (Lipinski definition) is 1. The Balaban J connectivity index is 2.54. The normalized spacial score (nSPS) is 12.7. The summed E-state index contributed by atoms with van der Waals surface area (Å²) in [6.07, 6.45) is 1.68. The van der Waals surface area contributed by atoms with Crippen LogP contribution in [0.3, 0.4) is 0 Å². The van der Waals surface area contributed by atoms with Crippen LogP contribution in [0.4, 0.5) is 4.39 Å². The summed E-state index contributed by atoms with van der Waals surface area (Å²) < 4.78 is 15.6. The van der Waals surface area contributed by atoms with Gasteiger partial charge in [0.25, 0.3) is 0 Å². The van der Waals surface area contributed by atoms with E-state index in [0.29, 0.717) is 12.1 Å². The fourth-order valence-corrected chi connectivity index (χ4v) is 1.84. The summed E-state index contributed by atoms with van der Waals surface area (Å²) in [6.45, 7) is 4.57. The largest absolute Gasteiger partial charge is 0.324 e. The van der Waals surface area contributed by atoms with Gasteiger partial charge in [0.15, 0.2) is 0 Å². The van der Waals surface area contributed by atoms with Gasteiger partial charge in [-0.2, -0.15) is 5.10 Å². The maximum Gasteiger partial charge on any atom is 0.132 e. The van der Waals surface area contributed by atoms with Crippen LogP contribution < -0.4 is 5.73 Å². The first-order valence-corrected chi connectivity index (χ1v) is 5.70. The first-order valence-electron chi connectivity index (χ1n) is 5.70. The smallest absolute Gasteiger partial charge is 0.132 e. The monoisotopic (exact) mass is 233 g/mol. The molecule has 0 spiro atoms. The Kier molecular flexibility index (Phi) is 3.24. The van der Waals surface area contributed by atoms with Crippen LogP contribution in [0.25, 0.3) is 11.3 Å². The van der Waals surface area contributed by atoms with Crippen molar-refractivity contribution in [1.82, 2.24) is 9.78 Å². The lowest BCUT2D eigenvalue weighted by Crippen LogP contribution is -2.06. The minimum atomic E-state index is -0.246. The van der Waals surface area contributed by atoms with E-state index in [-0.39, 0.29) is 11.9 Å². The molecule has 2 aromatic rings. The molecule has 0 saturated heterocycles. The van der Waals surface area contributed by atoms with E-state index in [4.69, 9.17) is 5.73 Å². The topological polar surface area (TPSA) is 43.8 Å². The Morgan fingerprint density at radius 1 is 1.41 bits per heavy atom. The highest BCUT2D eigenvalue weighted by Gasteiger charge is 2.11. The van der Waals surface area contributed by atoms with E-state index in [2.05, 4.69) is 5.10 Å². The number of aryl methyl sites for hydroxylation is 1. The van der Waals surface area contributed by atoms with E-state index in [1.54, 1.807) is 23.0 Å². The second-order valence-electron chi connectivity index (χ2n) is 4.06. The Hall–Kier alpha value is -1.68. The average molecular weight is 233 g/mol. The number of halogens is 1. The molecular weight excluding hydrogens is 217 g/mol. The summed E-state index contributed by atoms with van der Waals surface area (Å²) in [4.78, 5) is 0. The van der Waals surface area contributed by atoms with Crippen LogP contribution >= 0.6 is 0 Å². The van der Waals surface area contributed by atoms with E-state index in [0.717, 1.165) is 11.3 Å². The molecule has 0 amide bonds. The molecule has 0 aliphatic rings. The van der Waals surface area contributed by atoms with Gasteiger partial charge >= 0.3 is 0 Å². The van der Waals surface area contributed by atoms with Gasteiger partial charge in [0.1, 0.15) is 5.82 Å². The Bertz CT molecular complexity index is 517. The first kappa shape index (κ1) is 11.8. The third-order valence-electron chi connectivity index (χ3n) is 2.81. The van der Waals surface area contributed by atoms with Crippen molar-refractivity contribution >= 4 is 0 Å². The SMILES string of the molecule is CCn1nccc1-c1cc(C(C)N)ccc1F. The predicted molar refractivity (Wildman–Crippen MR) is 65.9 cm³/mol. The van der Waals surface area contributed by atoms with Crippen molar-refractivity contribution in [3.8, 4) is 11.3 Å². The second-order valence-corrected chi connectivity index (χ2v) is 4.06. The summed E-state index contributed by atoms with van der Waals surface area (Å²) in [6, 6.07) is 6.68. The highest BCUT2D eigenvalue weighted by Crippen LogP contribution is 2.25. The molecule has 1 unspecified atom stereocenters. The zero-order valence-electron chi connectivity index (χ0n) is 10.0. The van der Waals surface area contributed by atoms with Crippen molar-refractivity contribution < 1.29 is 4.39 Å². The fraction of sp³-hybridized carbons (Fsp3) is 0.308. The van der Waals surface area contributed by atoms with Crippen molar-refractivity contribution in [2.45, 2.75) is 26.4 Å². The van der Waals surface area contributed by atoms with Crippen LogP contribution in [0.5, 0.6) is 0 Å². The third-order valence-corrected chi connectivity index (χ3v) is 2.81. The van der Waals surface area contributed by atoms with Gasteiger partial charge in [-0.15, -0.1) is 0 Å². The summed E-state index contributed by atoms with van der Waals surface area (Å²) >= 11 is 0. The molecule has 3 nitrogen and oxygen atoms in total. The van der Waals surface area contributed by atoms with E-state index >= 15 is 0 Å². The summed E-state index contributed by atoms with van der Waals surface area (Å²) in [7, 11) is 0. The zero-order valence-corrected chi connectivity index (χ0v) is 10.0. The van der Waals surface area contributed by atoms with E-state index < -0.39 is 0 Å². The number of rotatable bonds is 3. The Labute approximate surface area is 100 Å². The number of aromatic nitrogens is 2. The molecule has 2 rings (SSSR count). The van der Waals surface area contributed by atoms with E-state index in [1.165, 1.54) is 6.07 Å². The van der Waals surface area contributed by atoms with Crippen molar-refractivity contribution in [2.24, 2.45) is 5.73 Å². The molecule has 0 aliphatic heterocycles. The van der Waals surface area contributed by atoms with Gasteiger partial charge in [-0.1, -0.05) is 6.07 Å². The molecule has 17 heavy (non-hydrogen) atoms. The molecule has 1 heterocycles. The molecule has 4 heteroatoms. The summed E-state index contributed by atoms with van der Waals surface area (Å²) in [5.74, 6) is -0.246. The molecule has 0 fully saturated rings. The predicted octanol–water partition coefficient (Wildman–Crippen LogP) is 2.73. The number of benzene rings is 1. The maximum absolute atomic E-state index is 13.8. The molecule has 1 aromatic heterocycles. The van der Waals surface area contributed by atoms with Crippen LogP contribution in [0.15, 0.2) is 30.5 Å². The third kappa shape index (κ3) is 2.22. The highest BCUT2D eigenvalue weighted by atomic mass is 19.1. The van der Waals surface area contributed by atoms with Gasteiger partial charge in [0, 0.05) is 24.3 Å². The first-order chi connectivity index (χ1) is 8.13. The molecule has 1 aromatic carbocycles. The Morgan fingerprint density at radius 2 is 2.18 bits per heavy atom. The lowest BCUT2D eigenvalue weighted by atomic mass is 10.0. The number of nitrogens with two attached hydrogens (primary N) is 1. The van der Waals surface area contributed by atoms with Gasteiger partial charge < -0.3 is 5.73 Å². The second kappa shape index (κ2) is 4.67. The molecule has 0 radical (unpaired) electrons. The lowest BCUT2D eigenvalue weighted by Gasteiger charge is -2.10. The van der Waals surface area contributed by atoms with Gasteiger partial charge in [0.05, 0.1) is 5.69 Å². The van der Waals surface area contributed by atoms with Gasteiger partial charge in [0.2, 0.25) is 0 Å². The molecule has 0 saturated carbocycles. The van der Waals surface area contributed by atoms with Crippen LogP contribution in [0, 0.1) is 5.82 Å². The molecule has 2 N–H and O–H groups in total. The highest BCUT2D eigenvalue weighted by molar-refractivity contribution is 5.61. The standard InChI is InChI=1S/C13H16FN3/c1-3-17-13(6-7-16-17)11-8-10(9(2)15)4-5-12(11)14/h4-9H,3,15H2,1-2H3. The van der Waals surface area contributed by atoms with Crippen molar-refractivity contribution in [1.29, 1.82) is 0 Å². The van der Waals surface area contributed by atoms with Crippen molar-refractivity contribution in [3.63, 3.8) is 0 Å². The van der Waals surface area contributed by atoms with Gasteiger partial charge in [-0.25, -0.2) is 4.39 Å². The zero-order chi connectivity index (χ0) is 12.4. The molecule has 1 atom stereocenters. The minimum absolute atomic E-state index is 0.104. The van der Waals surface area contributed by atoms with Crippen LogP contribution in [0.2, 0.25) is 0 Å². The fourth-order valence-electron chi connectivity index (χ4n) is 1.84. The van der Waals surface area contributed by atoms with Crippen LogP contribution in [0.1, 0.15) is 25.5 Å². The van der Waals surface area contributed by atoms with Crippen LogP contribution in [-0.4, -0.2) is 9.78 Å². The maximum atomic E-state index is 13.8. The van der Waals surface area contributed by atoms with E-state index in [9.17, 15) is 4.39 Å². The molecule has 0 aliphatic carbocycles. The summed E-state index contributed by atoms with van der Waals surface area (Å²) in [5.41, 5.74) is 8.07. The minimum Gasteiger partial charge on any atom is -0.324 e. The van der Waals surface area contributed by atoms with E-state index in [1.807, 2.05) is 19.9 Å². The summed E-state index contributed by atoms with van der Waals surface area (Å²) in [5, 5.41) is 4.15. The van der Waals surface area contributed by atoms with Gasteiger partial charge in [-0.05, 0) is 37.6 Å². The molecule has 0 bridgehead atoms. The Morgan fingerprint density at radius 3 is 2.82 bits per heavy atom. The van der Waals surface area contributed by atoms with Crippen LogP contribution in [-0.2, 0) is 6.54 Å². The number of hydrogen-bond acceptors (Lipinski definition) is 2. The quantitative estimate of drug-likeness (QED) is 0.885. The van der Waals surface area contributed by atoms with Gasteiger partial charge in [-0.3, -0.25) is 4.68 Å². The average Bonchev–Trinajstić information content (AvgIpc) is 2.77. The number of nitrogens with zero attached hydrogens (tertiary/aromatic N) is 2. The molecular formula is C13H16FN3. The molecule has 90 valence electrons. The van der Waals surface area contributed by atoms with Crippen molar-refractivity contribution in [2.75, 3.05) is 0 Å². The lowest BCUT2D eigenvalue weighted by molar-refractivity contribution is 0.620. The van der Waals surface area contributed by atoms with Crippen molar-refractivity contribution in [3.05, 3.63) is 41.8 Å².